The highest BCUT2D eigenvalue weighted by Gasteiger charge is 2.10. The second-order valence-corrected chi connectivity index (χ2v) is 7.23. The third-order valence-corrected chi connectivity index (χ3v) is 5.30. The first-order valence-corrected chi connectivity index (χ1v) is 9.61. The van der Waals surface area contributed by atoms with Crippen molar-refractivity contribution in [2.45, 2.75) is 0 Å². The van der Waals surface area contributed by atoms with Crippen LogP contribution in [0.2, 0.25) is 0 Å². The number of benzene rings is 1. The summed E-state index contributed by atoms with van der Waals surface area (Å²) in [5.41, 5.74) is 4.98. The summed E-state index contributed by atoms with van der Waals surface area (Å²) in [4.78, 5) is 16.5. The summed E-state index contributed by atoms with van der Waals surface area (Å²) in [6.07, 6.45) is 6.02. The number of aliphatic imine (C=N–C) groups is 1. The Kier molecular flexibility index (Phi) is 4.95. The van der Waals surface area contributed by atoms with Gasteiger partial charge in [0.25, 0.3) is 0 Å². The van der Waals surface area contributed by atoms with E-state index in [1.807, 2.05) is 24.3 Å². The molecule has 4 rings (SSSR count). The molecule has 1 N–H and O–H groups in total. The molecule has 0 unspecified atom stereocenters. The molecule has 140 valence electrons. The number of rotatable bonds is 6. The maximum absolute atomic E-state index is 10.6. The quantitative estimate of drug-likeness (QED) is 0.668. The third-order valence-electron chi connectivity index (χ3n) is 4.40. The first-order valence-electron chi connectivity index (χ1n) is 8.73. The molecule has 0 aliphatic carbocycles. The summed E-state index contributed by atoms with van der Waals surface area (Å²) in [7, 11) is 2.06. The van der Waals surface area contributed by atoms with Gasteiger partial charge in [-0.2, -0.15) is 0 Å². The van der Waals surface area contributed by atoms with Crippen LogP contribution >= 0.6 is 11.3 Å². The van der Waals surface area contributed by atoms with Crippen LogP contribution in [0.5, 0.6) is 5.75 Å². The largest absolute Gasteiger partial charge is 0.482 e. The van der Waals surface area contributed by atoms with Crippen molar-refractivity contribution in [1.29, 1.82) is 0 Å². The van der Waals surface area contributed by atoms with Crippen molar-refractivity contribution in [3.8, 4) is 16.3 Å². The van der Waals surface area contributed by atoms with Gasteiger partial charge in [0.05, 0.1) is 22.0 Å². The number of aromatic nitrogens is 1. The summed E-state index contributed by atoms with van der Waals surface area (Å²) >= 11 is 1.72. The van der Waals surface area contributed by atoms with Crippen molar-refractivity contribution in [3.05, 3.63) is 83.0 Å². The Balaban J connectivity index is 1.52. The molecule has 2 aromatic heterocycles. The first kappa shape index (κ1) is 18.0. The minimum Gasteiger partial charge on any atom is -0.482 e. The number of ether oxygens (including phenoxy) is 1. The Morgan fingerprint density at radius 3 is 2.71 bits per heavy atom. The Bertz CT molecular complexity index is 1090. The molecule has 0 saturated carbocycles. The second-order valence-electron chi connectivity index (χ2n) is 6.29. The van der Waals surface area contributed by atoms with E-state index in [-0.39, 0.29) is 6.61 Å². The van der Waals surface area contributed by atoms with Crippen LogP contribution in [0.1, 0.15) is 11.3 Å². The van der Waals surface area contributed by atoms with Crippen molar-refractivity contribution < 1.29 is 14.6 Å². The average molecular weight is 390 g/mol. The van der Waals surface area contributed by atoms with Gasteiger partial charge >= 0.3 is 5.97 Å². The number of hydrogen-bond acceptors (Lipinski definition) is 4. The minimum absolute atomic E-state index is 0.350. The van der Waals surface area contributed by atoms with Crippen LogP contribution in [0.15, 0.2) is 76.8 Å². The van der Waals surface area contributed by atoms with Gasteiger partial charge < -0.3 is 14.4 Å². The Morgan fingerprint density at radius 1 is 1.18 bits per heavy atom. The highest BCUT2D eigenvalue weighted by Crippen LogP contribution is 2.27. The SMILES string of the molecule is Cn1c(/C=C2/C=CC(c3ccc(OCC(=O)O)cc3)=N2)ccc1-c1cccs1. The van der Waals surface area contributed by atoms with Gasteiger partial charge in [0.15, 0.2) is 6.61 Å². The van der Waals surface area contributed by atoms with Crippen molar-refractivity contribution >= 4 is 29.1 Å². The maximum atomic E-state index is 10.6. The van der Waals surface area contributed by atoms with Crippen molar-refractivity contribution in [1.82, 2.24) is 4.57 Å². The summed E-state index contributed by atoms with van der Waals surface area (Å²) in [6.45, 7) is -0.350. The summed E-state index contributed by atoms with van der Waals surface area (Å²) < 4.78 is 7.32. The third kappa shape index (κ3) is 3.82. The lowest BCUT2D eigenvalue weighted by Crippen LogP contribution is -2.09. The van der Waals surface area contributed by atoms with Gasteiger partial charge in [0.1, 0.15) is 5.75 Å². The number of nitrogens with zero attached hydrogens (tertiary/aromatic N) is 2. The Hall–Kier alpha value is -3.38. The zero-order valence-electron chi connectivity index (χ0n) is 15.2. The predicted molar refractivity (Wildman–Crippen MR) is 112 cm³/mol. The predicted octanol–water partition coefficient (Wildman–Crippen LogP) is 4.62. The zero-order valence-corrected chi connectivity index (χ0v) is 16.0. The van der Waals surface area contributed by atoms with Gasteiger partial charge in [-0.1, -0.05) is 6.07 Å². The zero-order chi connectivity index (χ0) is 19.5. The number of thiophene rings is 1. The smallest absolute Gasteiger partial charge is 0.341 e. The molecule has 0 amide bonds. The molecule has 0 fully saturated rings. The first-order chi connectivity index (χ1) is 13.6. The van der Waals surface area contributed by atoms with Crippen LogP contribution < -0.4 is 4.74 Å². The number of allylic oxidation sites excluding steroid dienone is 2. The van der Waals surface area contributed by atoms with E-state index < -0.39 is 5.97 Å². The lowest BCUT2D eigenvalue weighted by atomic mass is 10.1. The maximum Gasteiger partial charge on any atom is 0.341 e. The molecular weight excluding hydrogens is 372 g/mol. The molecule has 6 heteroatoms. The lowest BCUT2D eigenvalue weighted by molar-refractivity contribution is -0.139. The molecule has 0 bridgehead atoms. The van der Waals surface area contributed by atoms with Crippen LogP contribution in [-0.4, -0.2) is 28.0 Å². The normalized spacial score (nSPS) is 14.5. The van der Waals surface area contributed by atoms with Crippen LogP contribution in [0.25, 0.3) is 16.6 Å². The molecule has 0 atom stereocenters. The number of hydrogen-bond donors (Lipinski definition) is 1. The van der Waals surface area contributed by atoms with Gasteiger partial charge in [-0.15, -0.1) is 11.3 Å². The number of carboxylic acids is 1. The molecule has 1 aliphatic heterocycles. The van der Waals surface area contributed by atoms with E-state index in [4.69, 9.17) is 14.8 Å². The van der Waals surface area contributed by atoms with Crippen molar-refractivity contribution in [2.24, 2.45) is 12.0 Å². The topological polar surface area (TPSA) is 63.8 Å². The van der Waals surface area contributed by atoms with Crippen LogP contribution in [0.3, 0.4) is 0 Å². The van der Waals surface area contributed by atoms with Gasteiger partial charge in [-0.25, -0.2) is 9.79 Å². The highest BCUT2D eigenvalue weighted by molar-refractivity contribution is 7.13. The standard InChI is InChI=1S/C22H18N2O3S/c1-24-17(7-11-20(24)21-3-2-12-28-21)13-16-6-10-19(23-16)15-4-8-18(9-5-15)27-14-22(25)26/h2-13H,14H2,1H3,(H,25,26)/b16-13-. The van der Waals surface area contributed by atoms with E-state index in [9.17, 15) is 4.79 Å². The Morgan fingerprint density at radius 2 is 2.00 bits per heavy atom. The van der Waals surface area contributed by atoms with E-state index >= 15 is 0 Å². The van der Waals surface area contributed by atoms with Gasteiger partial charge in [0.2, 0.25) is 0 Å². The van der Waals surface area contributed by atoms with E-state index in [0.717, 1.165) is 22.7 Å². The van der Waals surface area contributed by atoms with Crippen LogP contribution in [-0.2, 0) is 11.8 Å². The molecule has 5 nitrogen and oxygen atoms in total. The van der Waals surface area contributed by atoms with Crippen molar-refractivity contribution in [3.63, 3.8) is 0 Å². The molecule has 3 heterocycles. The molecule has 1 aliphatic rings. The molecule has 3 aromatic rings. The molecule has 28 heavy (non-hydrogen) atoms. The van der Waals surface area contributed by atoms with Gasteiger partial charge in [-0.05, 0) is 66.1 Å². The molecule has 1 aromatic carbocycles. The number of aliphatic carboxylic acids is 1. The van der Waals surface area contributed by atoms with Gasteiger partial charge in [0, 0.05) is 18.3 Å². The second kappa shape index (κ2) is 7.70. The molecule has 0 spiro atoms. The monoisotopic (exact) mass is 390 g/mol. The average Bonchev–Trinajstić information content (AvgIpc) is 3.43. The molecule has 0 saturated heterocycles. The number of carbonyl (C=O) groups is 1. The highest BCUT2D eigenvalue weighted by atomic mass is 32.1. The van der Waals surface area contributed by atoms with Crippen LogP contribution in [0.4, 0.5) is 0 Å². The fourth-order valence-electron chi connectivity index (χ4n) is 2.98. The van der Waals surface area contributed by atoms with E-state index in [2.05, 4.69) is 47.3 Å². The Labute approximate surface area is 166 Å². The minimum atomic E-state index is -0.995. The lowest BCUT2D eigenvalue weighted by Gasteiger charge is -2.04. The van der Waals surface area contributed by atoms with Crippen molar-refractivity contribution in [2.75, 3.05) is 6.61 Å². The van der Waals surface area contributed by atoms with Crippen LogP contribution in [0, 0.1) is 0 Å². The fourth-order valence-corrected chi connectivity index (χ4v) is 3.77. The van der Waals surface area contributed by atoms with E-state index in [0.29, 0.717) is 5.75 Å². The summed E-state index contributed by atoms with van der Waals surface area (Å²) in [5.74, 6) is -0.473. The molecular formula is C22H18N2O3S. The van der Waals surface area contributed by atoms with E-state index in [1.165, 1.54) is 10.6 Å². The van der Waals surface area contributed by atoms with E-state index in [1.54, 1.807) is 23.5 Å². The summed E-state index contributed by atoms with van der Waals surface area (Å²) in [6, 6.07) is 15.6. The number of carboxylic acid groups (broad SMARTS) is 1. The fraction of sp³-hybridized carbons (Fsp3) is 0.0909. The van der Waals surface area contributed by atoms with Gasteiger partial charge in [-0.3, -0.25) is 0 Å². The molecule has 0 radical (unpaired) electrons. The summed E-state index contributed by atoms with van der Waals surface area (Å²) in [5, 5.41) is 10.7.